The summed E-state index contributed by atoms with van der Waals surface area (Å²) in [5.74, 6) is 0. The summed E-state index contributed by atoms with van der Waals surface area (Å²) in [6.45, 7) is 5.68. The van der Waals surface area contributed by atoms with Gasteiger partial charge in [0.15, 0.2) is 5.11 Å². The van der Waals surface area contributed by atoms with Gasteiger partial charge in [0, 0.05) is 24.3 Å². The number of hydrogen-bond acceptors (Lipinski definition) is 2. The molecule has 1 heterocycles. The fraction of sp³-hybridized carbons (Fsp3) is 0.176. The Morgan fingerprint density at radius 3 is 2.64 bits per heavy atom. The van der Waals surface area contributed by atoms with Crippen LogP contribution in [0.5, 0.6) is 0 Å². The third-order valence-corrected chi connectivity index (χ3v) is 3.71. The second-order valence-corrected chi connectivity index (χ2v) is 5.60. The molecule has 1 aromatic heterocycles. The largest absolute Gasteiger partial charge is 0.359 e. The van der Waals surface area contributed by atoms with Gasteiger partial charge in [-0.1, -0.05) is 35.9 Å². The first-order valence-electron chi connectivity index (χ1n) is 6.97. The molecule has 0 aliphatic rings. The molecule has 0 saturated carbocycles. The maximum absolute atomic E-state index is 5.94. The highest BCUT2D eigenvalue weighted by molar-refractivity contribution is 7.80. The summed E-state index contributed by atoms with van der Waals surface area (Å²) in [6, 6.07) is 13.6. The van der Waals surface area contributed by atoms with Gasteiger partial charge in [-0.05, 0) is 42.0 Å². The third kappa shape index (κ3) is 5.13. The zero-order valence-corrected chi connectivity index (χ0v) is 13.8. The highest BCUT2D eigenvalue weighted by Gasteiger charge is 2.11. The maximum atomic E-state index is 5.94. The minimum absolute atomic E-state index is 0.637. The van der Waals surface area contributed by atoms with Crippen LogP contribution in [0.1, 0.15) is 11.3 Å². The van der Waals surface area contributed by atoms with Gasteiger partial charge in [0.2, 0.25) is 0 Å². The molecular weight excluding hydrogens is 314 g/mol. The lowest BCUT2D eigenvalue weighted by Crippen LogP contribution is -2.39. The van der Waals surface area contributed by atoms with Crippen molar-refractivity contribution < 1.29 is 0 Å². The van der Waals surface area contributed by atoms with Crippen LogP contribution in [0, 0.1) is 0 Å². The molecule has 0 bridgehead atoms. The number of aromatic nitrogens is 1. The molecule has 2 aromatic rings. The molecule has 0 radical (unpaired) electrons. The Bertz CT molecular complexity index is 614. The van der Waals surface area contributed by atoms with E-state index in [2.05, 4.69) is 21.8 Å². The third-order valence-electron chi connectivity index (χ3n) is 3.05. The molecule has 1 aromatic carbocycles. The lowest BCUT2D eigenvalue weighted by molar-refractivity contribution is 0.396. The fourth-order valence-electron chi connectivity index (χ4n) is 1.97. The van der Waals surface area contributed by atoms with E-state index in [9.17, 15) is 0 Å². The zero-order valence-electron chi connectivity index (χ0n) is 12.2. The predicted octanol–water partition coefficient (Wildman–Crippen LogP) is 3.80. The lowest BCUT2D eigenvalue weighted by Gasteiger charge is -2.25. The van der Waals surface area contributed by atoms with E-state index in [1.54, 1.807) is 12.3 Å². The molecule has 22 heavy (non-hydrogen) atoms. The van der Waals surface area contributed by atoms with E-state index in [1.807, 2.05) is 42.5 Å². The molecule has 0 amide bonds. The van der Waals surface area contributed by atoms with Gasteiger partial charge in [0.25, 0.3) is 0 Å². The van der Waals surface area contributed by atoms with E-state index in [0.717, 1.165) is 16.3 Å². The maximum Gasteiger partial charge on any atom is 0.169 e. The van der Waals surface area contributed by atoms with E-state index in [-0.39, 0.29) is 0 Å². The molecule has 0 unspecified atom stereocenters. The fourth-order valence-corrected chi connectivity index (χ4v) is 2.31. The first-order valence-corrected chi connectivity index (χ1v) is 7.75. The van der Waals surface area contributed by atoms with Crippen molar-refractivity contribution in [2.24, 2.45) is 0 Å². The highest BCUT2D eigenvalue weighted by Crippen LogP contribution is 2.13. The summed E-state index contributed by atoms with van der Waals surface area (Å²) < 4.78 is 0. The number of nitrogens with zero attached hydrogens (tertiary/aromatic N) is 2. The van der Waals surface area contributed by atoms with Crippen LogP contribution in [0.4, 0.5) is 0 Å². The van der Waals surface area contributed by atoms with Gasteiger partial charge in [0.1, 0.15) is 0 Å². The lowest BCUT2D eigenvalue weighted by atomic mass is 10.2. The summed E-state index contributed by atoms with van der Waals surface area (Å²) in [5, 5.41) is 4.58. The van der Waals surface area contributed by atoms with Crippen molar-refractivity contribution in [3.8, 4) is 0 Å². The van der Waals surface area contributed by atoms with Gasteiger partial charge in [0.05, 0.1) is 12.2 Å². The number of pyridine rings is 1. The van der Waals surface area contributed by atoms with Crippen molar-refractivity contribution >= 4 is 28.9 Å². The number of halogens is 1. The minimum atomic E-state index is 0.637. The van der Waals surface area contributed by atoms with Gasteiger partial charge in [-0.3, -0.25) is 4.98 Å². The molecule has 5 heteroatoms. The average Bonchev–Trinajstić information content (AvgIpc) is 2.55. The molecule has 0 fully saturated rings. The van der Waals surface area contributed by atoms with Crippen molar-refractivity contribution in [1.82, 2.24) is 15.2 Å². The summed E-state index contributed by atoms with van der Waals surface area (Å²) >= 11 is 11.4. The average molecular weight is 332 g/mol. The summed E-state index contributed by atoms with van der Waals surface area (Å²) in [7, 11) is 0. The summed E-state index contributed by atoms with van der Waals surface area (Å²) in [4.78, 5) is 6.44. The predicted molar refractivity (Wildman–Crippen MR) is 95.7 cm³/mol. The first kappa shape index (κ1) is 16.5. The number of rotatable bonds is 6. The Hall–Kier alpha value is -1.91. The molecule has 0 aliphatic carbocycles. The van der Waals surface area contributed by atoms with Crippen molar-refractivity contribution in [2.45, 2.75) is 13.1 Å². The molecule has 0 atom stereocenters. The van der Waals surface area contributed by atoms with Crippen molar-refractivity contribution in [3.05, 3.63) is 77.6 Å². The second kappa shape index (κ2) is 8.51. The van der Waals surface area contributed by atoms with Gasteiger partial charge < -0.3 is 10.2 Å². The highest BCUT2D eigenvalue weighted by atomic mass is 35.5. The molecule has 0 saturated heterocycles. The summed E-state index contributed by atoms with van der Waals surface area (Å²) in [6.07, 6.45) is 3.57. The Morgan fingerprint density at radius 2 is 2.00 bits per heavy atom. The van der Waals surface area contributed by atoms with E-state index in [4.69, 9.17) is 23.8 Å². The molecule has 0 spiro atoms. The van der Waals surface area contributed by atoms with E-state index < -0.39 is 0 Å². The van der Waals surface area contributed by atoms with E-state index >= 15 is 0 Å². The Balaban J connectivity index is 2.11. The number of nitrogens with one attached hydrogen (secondary N) is 1. The van der Waals surface area contributed by atoms with E-state index in [0.29, 0.717) is 24.7 Å². The van der Waals surface area contributed by atoms with Crippen LogP contribution < -0.4 is 5.32 Å². The van der Waals surface area contributed by atoms with Crippen molar-refractivity contribution in [3.63, 3.8) is 0 Å². The zero-order chi connectivity index (χ0) is 15.8. The Kier molecular flexibility index (Phi) is 6.37. The van der Waals surface area contributed by atoms with Crippen LogP contribution in [-0.4, -0.2) is 21.5 Å². The quantitative estimate of drug-likeness (QED) is 0.644. The normalized spacial score (nSPS) is 10.0. The van der Waals surface area contributed by atoms with Crippen molar-refractivity contribution in [1.29, 1.82) is 0 Å². The van der Waals surface area contributed by atoms with Crippen LogP contribution >= 0.6 is 23.8 Å². The summed E-state index contributed by atoms with van der Waals surface area (Å²) in [5.41, 5.74) is 2.11. The number of hydrogen-bond donors (Lipinski definition) is 1. The molecule has 0 aliphatic heterocycles. The van der Waals surface area contributed by atoms with Gasteiger partial charge in [-0.2, -0.15) is 0 Å². The topological polar surface area (TPSA) is 28.2 Å². The van der Waals surface area contributed by atoms with Crippen LogP contribution in [0.15, 0.2) is 61.3 Å². The molecule has 1 N–H and O–H groups in total. The molecule has 3 nitrogen and oxygen atoms in total. The second-order valence-electron chi connectivity index (χ2n) is 4.78. The van der Waals surface area contributed by atoms with Crippen LogP contribution in [0.25, 0.3) is 0 Å². The van der Waals surface area contributed by atoms with Gasteiger partial charge in [-0.15, -0.1) is 6.58 Å². The number of thiocarbonyl (C=S) groups is 1. The van der Waals surface area contributed by atoms with Crippen LogP contribution in [-0.2, 0) is 13.1 Å². The first-order chi connectivity index (χ1) is 10.7. The van der Waals surface area contributed by atoms with Gasteiger partial charge >= 0.3 is 0 Å². The smallest absolute Gasteiger partial charge is 0.169 e. The SMILES string of the molecule is C=CCNC(=S)N(Cc1ccc(Cl)cc1)Cc1ccccn1. The van der Waals surface area contributed by atoms with Crippen LogP contribution in [0.2, 0.25) is 5.02 Å². The van der Waals surface area contributed by atoms with Crippen molar-refractivity contribution in [2.75, 3.05) is 6.54 Å². The van der Waals surface area contributed by atoms with E-state index in [1.165, 1.54) is 0 Å². The molecule has 114 valence electrons. The standard InChI is InChI=1S/C17H18ClN3S/c1-2-10-20-17(22)21(13-16-5-3-4-11-19-16)12-14-6-8-15(18)9-7-14/h2-9,11H,1,10,12-13H2,(H,20,22). The Labute approximate surface area is 141 Å². The van der Waals surface area contributed by atoms with Gasteiger partial charge in [-0.25, -0.2) is 0 Å². The molecule has 2 rings (SSSR count). The van der Waals surface area contributed by atoms with Crippen LogP contribution in [0.3, 0.4) is 0 Å². The number of benzene rings is 1. The monoisotopic (exact) mass is 331 g/mol. The minimum Gasteiger partial charge on any atom is -0.359 e. The Morgan fingerprint density at radius 1 is 1.23 bits per heavy atom. The molecular formula is C17H18ClN3S.